The van der Waals surface area contributed by atoms with Gasteiger partial charge in [0.25, 0.3) is 0 Å². The van der Waals surface area contributed by atoms with Crippen molar-refractivity contribution in [3.63, 3.8) is 0 Å². The molecule has 32 heavy (non-hydrogen) atoms. The second-order valence-electron chi connectivity index (χ2n) is 11.6. The molecule has 0 heterocycles. The Morgan fingerprint density at radius 2 is 1.59 bits per heavy atom. The summed E-state index contributed by atoms with van der Waals surface area (Å²) in [5.41, 5.74) is 1.19. The first kappa shape index (κ1) is 22.5. The minimum atomic E-state index is -4.33. The summed E-state index contributed by atoms with van der Waals surface area (Å²) in [6.07, 6.45) is 5.13. The Hall–Kier alpha value is -1.33. The van der Waals surface area contributed by atoms with E-state index in [0.717, 1.165) is 74.6 Å². The van der Waals surface area contributed by atoms with Crippen molar-refractivity contribution in [3.05, 3.63) is 41.0 Å². The lowest BCUT2D eigenvalue weighted by molar-refractivity contribution is -0.137. The van der Waals surface area contributed by atoms with Crippen LogP contribution < -0.4 is 0 Å². The summed E-state index contributed by atoms with van der Waals surface area (Å²) in [6, 6.07) is 5.26. The molecule has 2 N–H and O–H groups in total. The van der Waals surface area contributed by atoms with Crippen LogP contribution in [-0.2, 0) is 6.18 Å². The van der Waals surface area contributed by atoms with Crippen molar-refractivity contribution in [1.29, 1.82) is 0 Å². The fourth-order valence-corrected chi connectivity index (χ4v) is 8.22. The molecule has 0 saturated heterocycles. The molecule has 0 amide bonds. The molecule has 0 aromatic heterocycles. The Labute approximate surface area is 188 Å². The topological polar surface area (TPSA) is 40.5 Å². The van der Waals surface area contributed by atoms with Gasteiger partial charge in [0, 0.05) is 5.41 Å². The summed E-state index contributed by atoms with van der Waals surface area (Å²) < 4.78 is 38.7. The number of benzene rings is 1. The first-order chi connectivity index (χ1) is 15.0. The van der Waals surface area contributed by atoms with Gasteiger partial charge in [-0.3, -0.25) is 0 Å². The minimum Gasteiger partial charge on any atom is -0.393 e. The van der Waals surface area contributed by atoms with E-state index in [4.69, 9.17) is 0 Å². The molecular weight excluding hydrogens is 413 g/mol. The third-order valence-corrected chi connectivity index (χ3v) is 10.1. The number of hydrogen-bond acceptors (Lipinski definition) is 2. The predicted molar refractivity (Wildman–Crippen MR) is 119 cm³/mol. The number of aliphatic hydroxyl groups excluding tert-OH is 2. The van der Waals surface area contributed by atoms with Crippen LogP contribution in [0.4, 0.5) is 13.2 Å². The molecule has 0 bridgehead atoms. The zero-order valence-electron chi connectivity index (χ0n) is 19.0. The summed E-state index contributed by atoms with van der Waals surface area (Å²) in [4.78, 5) is 0. The Bertz CT molecular complexity index is 891. The van der Waals surface area contributed by atoms with Gasteiger partial charge in [-0.2, -0.15) is 13.2 Å². The molecule has 4 saturated carbocycles. The van der Waals surface area contributed by atoms with Gasteiger partial charge in [-0.15, -0.1) is 0 Å². The van der Waals surface area contributed by atoms with Crippen LogP contribution in [0, 0.1) is 34.5 Å². The Morgan fingerprint density at radius 1 is 0.906 bits per heavy atom. The maximum atomic E-state index is 12.9. The molecular formula is C27H35F3O2. The van der Waals surface area contributed by atoms with Crippen molar-refractivity contribution >= 4 is 6.08 Å². The standard InChI is InChI=1S/C27H35F3O2/c1-25-11-9-20(31)15-19(25)7-8-21-22(25)10-12-26(2)23(21)14-17(24(26)32)13-16-3-5-18(6-4-16)27(28,29)30/h3-6,13,19-24,31-32H,7-12,14-15H2,1-2H3/b17-13-/t19-,20-,21-,22+,23+,24+,25-,26-/m0/s1. The van der Waals surface area contributed by atoms with E-state index in [1.165, 1.54) is 12.1 Å². The monoisotopic (exact) mass is 448 g/mol. The van der Waals surface area contributed by atoms with Crippen LogP contribution in [0.1, 0.15) is 76.3 Å². The van der Waals surface area contributed by atoms with Gasteiger partial charge in [0.2, 0.25) is 0 Å². The zero-order chi connectivity index (χ0) is 22.9. The molecule has 5 rings (SSSR count). The molecule has 4 fully saturated rings. The Morgan fingerprint density at radius 3 is 2.28 bits per heavy atom. The summed E-state index contributed by atoms with van der Waals surface area (Å²) in [5, 5.41) is 21.5. The lowest BCUT2D eigenvalue weighted by Crippen LogP contribution is -2.54. The number of hydrogen-bond donors (Lipinski definition) is 2. The second-order valence-corrected chi connectivity index (χ2v) is 11.6. The van der Waals surface area contributed by atoms with E-state index in [-0.39, 0.29) is 16.9 Å². The first-order valence-electron chi connectivity index (χ1n) is 12.3. The van der Waals surface area contributed by atoms with E-state index in [2.05, 4.69) is 13.8 Å². The average Bonchev–Trinajstić information content (AvgIpc) is 2.99. The van der Waals surface area contributed by atoms with Gasteiger partial charge in [0.15, 0.2) is 0 Å². The lowest BCUT2D eigenvalue weighted by atomic mass is 9.45. The quantitative estimate of drug-likeness (QED) is 0.517. The first-order valence-corrected chi connectivity index (χ1v) is 12.3. The number of fused-ring (bicyclic) bond motifs is 5. The van der Waals surface area contributed by atoms with Crippen molar-refractivity contribution in [2.45, 2.75) is 83.6 Å². The normalized spacial score (nSPS) is 45.3. The van der Waals surface area contributed by atoms with E-state index < -0.39 is 17.8 Å². The summed E-state index contributed by atoms with van der Waals surface area (Å²) in [5.74, 6) is 2.25. The molecule has 0 radical (unpaired) electrons. The summed E-state index contributed by atoms with van der Waals surface area (Å²) in [7, 11) is 0. The maximum absolute atomic E-state index is 12.9. The van der Waals surface area contributed by atoms with Crippen molar-refractivity contribution in [1.82, 2.24) is 0 Å². The fourth-order valence-electron chi connectivity index (χ4n) is 8.22. The van der Waals surface area contributed by atoms with Crippen molar-refractivity contribution in [2.75, 3.05) is 0 Å². The minimum absolute atomic E-state index is 0.148. The van der Waals surface area contributed by atoms with Gasteiger partial charge in [0.05, 0.1) is 17.8 Å². The summed E-state index contributed by atoms with van der Waals surface area (Å²) >= 11 is 0. The summed E-state index contributed by atoms with van der Waals surface area (Å²) in [6.45, 7) is 4.68. The van der Waals surface area contributed by atoms with Gasteiger partial charge in [-0.25, -0.2) is 0 Å². The number of aliphatic hydroxyl groups is 2. The highest BCUT2D eigenvalue weighted by Crippen LogP contribution is 2.67. The van der Waals surface area contributed by atoms with Crippen LogP contribution >= 0.6 is 0 Å². The average molecular weight is 449 g/mol. The number of halogens is 3. The third-order valence-electron chi connectivity index (χ3n) is 10.1. The van der Waals surface area contributed by atoms with E-state index in [9.17, 15) is 23.4 Å². The third kappa shape index (κ3) is 3.46. The van der Waals surface area contributed by atoms with Crippen LogP contribution in [0.5, 0.6) is 0 Å². The van der Waals surface area contributed by atoms with Gasteiger partial charge >= 0.3 is 6.18 Å². The van der Waals surface area contributed by atoms with Crippen LogP contribution in [-0.4, -0.2) is 22.4 Å². The van der Waals surface area contributed by atoms with Crippen molar-refractivity contribution in [2.24, 2.45) is 34.5 Å². The van der Waals surface area contributed by atoms with Crippen molar-refractivity contribution < 1.29 is 23.4 Å². The molecule has 0 spiro atoms. The maximum Gasteiger partial charge on any atom is 0.416 e. The zero-order valence-corrected chi connectivity index (χ0v) is 19.0. The van der Waals surface area contributed by atoms with E-state index in [1.807, 2.05) is 6.08 Å². The highest BCUT2D eigenvalue weighted by Gasteiger charge is 2.61. The Balaban J connectivity index is 1.40. The molecule has 176 valence electrons. The molecule has 4 aliphatic carbocycles. The lowest BCUT2D eigenvalue weighted by Gasteiger charge is -2.60. The molecule has 0 aliphatic heterocycles. The molecule has 0 unspecified atom stereocenters. The van der Waals surface area contributed by atoms with Crippen LogP contribution in [0.2, 0.25) is 0 Å². The SMILES string of the molecule is C[C@]12CC[C@H](O)C[C@@H]1CC[C@H]1[C@H]2CC[C@]2(C)[C@H](O)/C(=C\c3ccc(C(F)(F)F)cc3)C[C@H]12. The van der Waals surface area contributed by atoms with E-state index in [1.54, 1.807) is 0 Å². The van der Waals surface area contributed by atoms with Gasteiger partial charge < -0.3 is 10.2 Å². The molecule has 8 atom stereocenters. The van der Waals surface area contributed by atoms with Gasteiger partial charge in [0.1, 0.15) is 0 Å². The molecule has 4 aliphatic rings. The fraction of sp³-hybridized carbons (Fsp3) is 0.704. The highest BCUT2D eigenvalue weighted by molar-refractivity contribution is 5.56. The molecule has 5 heteroatoms. The molecule has 1 aromatic carbocycles. The Kier molecular flexibility index (Phi) is 5.33. The predicted octanol–water partition coefficient (Wildman–Crippen LogP) is 6.46. The van der Waals surface area contributed by atoms with E-state index >= 15 is 0 Å². The highest BCUT2D eigenvalue weighted by atomic mass is 19.4. The van der Waals surface area contributed by atoms with E-state index in [0.29, 0.717) is 23.7 Å². The molecule has 2 nitrogen and oxygen atoms in total. The van der Waals surface area contributed by atoms with Crippen LogP contribution in [0.25, 0.3) is 6.08 Å². The molecule has 1 aromatic rings. The van der Waals surface area contributed by atoms with Crippen LogP contribution in [0.15, 0.2) is 29.8 Å². The van der Waals surface area contributed by atoms with Crippen LogP contribution in [0.3, 0.4) is 0 Å². The number of rotatable bonds is 1. The van der Waals surface area contributed by atoms with Gasteiger partial charge in [-0.05, 0) is 104 Å². The van der Waals surface area contributed by atoms with Crippen molar-refractivity contribution in [3.8, 4) is 0 Å². The largest absolute Gasteiger partial charge is 0.416 e. The van der Waals surface area contributed by atoms with Gasteiger partial charge in [-0.1, -0.05) is 32.1 Å². The second kappa shape index (κ2) is 7.59. The number of alkyl halides is 3. The smallest absolute Gasteiger partial charge is 0.393 e.